The molecule has 20 heavy (non-hydrogen) atoms. The quantitative estimate of drug-likeness (QED) is 0.830. The standard InChI is InChI=1S/C16H23N3S/c1-3-12-10-13-15(17-2)18-14(19-16(13)20-12)11-8-6-4-5-7-9-11/h10-11H,3-9H2,1-2H3,(H,17,18,19). The van der Waals surface area contributed by atoms with Crippen molar-refractivity contribution >= 4 is 27.4 Å². The van der Waals surface area contributed by atoms with Crippen molar-refractivity contribution in [1.82, 2.24) is 9.97 Å². The Morgan fingerprint density at radius 2 is 1.95 bits per heavy atom. The van der Waals surface area contributed by atoms with Crippen molar-refractivity contribution in [3.05, 3.63) is 16.8 Å². The van der Waals surface area contributed by atoms with Crippen LogP contribution in [-0.4, -0.2) is 17.0 Å². The predicted molar refractivity (Wildman–Crippen MR) is 86.8 cm³/mol. The van der Waals surface area contributed by atoms with Crippen LogP contribution in [0.2, 0.25) is 0 Å². The van der Waals surface area contributed by atoms with Crippen molar-refractivity contribution in [2.24, 2.45) is 0 Å². The second-order valence-corrected chi connectivity index (χ2v) is 6.77. The van der Waals surface area contributed by atoms with E-state index in [1.54, 1.807) is 0 Å². The van der Waals surface area contributed by atoms with Crippen LogP contribution in [-0.2, 0) is 6.42 Å². The van der Waals surface area contributed by atoms with Crippen LogP contribution in [0.5, 0.6) is 0 Å². The van der Waals surface area contributed by atoms with Gasteiger partial charge in [-0.05, 0) is 25.3 Å². The molecule has 0 saturated heterocycles. The molecule has 1 fully saturated rings. The number of anilines is 1. The molecule has 0 aromatic carbocycles. The van der Waals surface area contributed by atoms with Crippen molar-refractivity contribution < 1.29 is 0 Å². The number of rotatable bonds is 3. The first-order chi connectivity index (χ1) is 9.81. The molecular weight excluding hydrogens is 266 g/mol. The van der Waals surface area contributed by atoms with Gasteiger partial charge < -0.3 is 5.32 Å². The van der Waals surface area contributed by atoms with Crippen molar-refractivity contribution in [3.63, 3.8) is 0 Å². The molecule has 0 spiro atoms. The van der Waals surface area contributed by atoms with E-state index in [0.29, 0.717) is 5.92 Å². The van der Waals surface area contributed by atoms with Crippen molar-refractivity contribution in [1.29, 1.82) is 0 Å². The molecule has 1 aliphatic carbocycles. The summed E-state index contributed by atoms with van der Waals surface area (Å²) in [6, 6.07) is 2.24. The summed E-state index contributed by atoms with van der Waals surface area (Å²) in [5.41, 5.74) is 0. The molecule has 0 bridgehead atoms. The zero-order valence-electron chi connectivity index (χ0n) is 12.4. The fourth-order valence-corrected chi connectivity index (χ4v) is 4.05. The number of fused-ring (bicyclic) bond motifs is 1. The Morgan fingerprint density at radius 3 is 2.60 bits per heavy atom. The highest BCUT2D eigenvalue weighted by atomic mass is 32.1. The topological polar surface area (TPSA) is 37.8 Å². The van der Waals surface area contributed by atoms with E-state index in [-0.39, 0.29) is 0 Å². The van der Waals surface area contributed by atoms with Crippen LogP contribution < -0.4 is 5.32 Å². The first-order valence-electron chi connectivity index (χ1n) is 7.80. The molecule has 1 saturated carbocycles. The number of nitrogens with one attached hydrogen (secondary N) is 1. The molecule has 2 aromatic rings. The second-order valence-electron chi connectivity index (χ2n) is 5.65. The van der Waals surface area contributed by atoms with Crippen LogP contribution in [0.1, 0.15) is 62.1 Å². The summed E-state index contributed by atoms with van der Waals surface area (Å²) in [6.07, 6.45) is 8.97. The Labute approximate surface area is 124 Å². The Kier molecular flexibility index (Phi) is 4.20. The van der Waals surface area contributed by atoms with Gasteiger partial charge in [-0.15, -0.1) is 11.3 Å². The van der Waals surface area contributed by atoms with Crippen molar-refractivity contribution in [2.75, 3.05) is 12.4 Å². The zero-order chi connectivity index (χ0) is 13.9. The smallest absolute Gasteiger partial charge is 0.138 e. The Hall–Kier alpha value is -1.16. The van der Waals surface area contributed by atoms with E-state index in [9.17, 15) is 0 Å². The fourth-order valence-electron chi connectivity index (χ4n) is 3.07. The normalized spacial score (nSPS) is 17.3. The largest absolute Gasteiger partial charge is 0.372 e. The number of hydrogen-bond acceptors (Lipinski definition) is 4. The summed E-state index contributed by atoms with van der Waals surface area (Å²) >= 11 is 1.82. The number of thiophene rings is 1. The minimum Gasteiger partial charge on any atom is -0.372 e. The summed E-state index contributed by atoms with van der Waals surface area (Å²) in [5, 5.41) is 4.44. The summed E-state index contributed by atoms with van der Waals surface area (Å²) < 4.78 is 0. The minimum atomic E-state index is 0.557. The van der Waals surface area contributed by atoms with E-state index >= 15 is 0 Å². The van der Waals surface area contributed by atoms with Gasteiger partial charge >= 0.3 is 0 Å². The van der Waals surface area contributed by atoms with Crippen LogP contribution in [0.25, 0.3) is 10.2 Å². The third kappa shape index (κ3) is 2.66. The van der Waals surface area contributed by atoms with Gasteiger partial charge in [0.1, 0.15) is 16.5 Å². The lowest BCUT2D eigenvalue weighted by atomic mass is 9.99. The van der Waals surface area contributed by atoms with E-state index in [1.807, 2.05) is 18.4 Å². The van der Waals surface area contributed by atoms with E-state index in [0.717, 1.165) is 22.9 Å². The van der Waals surface area contributed by atoms with Crippen LogP contribution >= 0.6 is 11.3 Å². The lowest BCUT2D eigenvalue weighted by Crippen LogP contribution is -2.06. The molecule has 3 nitrogen and oxygen atoms in total. The average Bonchev–Trinajstić information content (AvgIpc) is 2.70. The van der Waals surface area contributed by atoms with Crippen molar-refractivity contribution in [3.8, 4) is 0 Å². The zero-order valence-corrected chi connectivity index (χ0v) is 13.2. The number of hydrogen-bond donors (Lipinski definition) is 1. The highest BCUT2D eigenvalue weighted by Crippen LogP contribution is 2.34. The first-order valence-corrected chi connectivity index (χ1v) is 8.61. The first kappa shape index (κ1) is 13.8. The number of aromatic nitrogens is 2. The maximum Gasteiger partial charge on any atom is 0.138 e. The van der Waals surface area contributed by atoms with Gasteiger partial charge in [0, 0.05) is 17.8 Å². The molecule has 0 atom stereocenters. The third-order valence-corrected chi connectivity index (χ3v) is 5.44. The van der Waals surface area contributed by atoms with E-state index in [4.69, 9.17) is 9.97 Å². The van der Waals surface area contributed by atoms with Crippen LogP contribution in [0, 0.1) is 0 Å². The van der Waals surface area contributed by atoms with Crippen LogP contribution in [0.4, 0.5) is 5.82 Å². The maximum absolute atomic E-state index is 4.89. The Bertz CT molecular complexity index is 583. The van der Waals surface area contributed by atoms with Gasteiger partial charge in [-0.1, -0.05) is 32.6 Å². The average molecular weight is 289 g/mol. The fraction of sp³-hybridized carbons (Fsp3) is 0.625. The third-order valence-electron chi connectivity index (χ3n) is 4.27. The van der Waals surface area contributed by atoms with E-state index in [2.05, 4.69) is 18.3 Å². The number of aryl methyl sites for hydroxylation is 1. The molecule has 2 aromatic heterocycles. The van der Waals surface area contributed by atoms with Gasteiger partial charge in [0.2, 0.25) is 0 Å². The van der Waals surface area contributed by atoms with Crippen LogP contribution in [0.3, 0.4) is 0 Å². The van der Waals surface area contributed by atoms with Crippen LogP contribution in [0.15, 0.2) is 6.07 Å². The van der Waals surface area contributed by atoms with Crippen molar-refractivity contribution in [2.45, 2.75) is 57.8 Å². The molecule has 0 aliphatic heterocycles. The van der Waals surface area contributed by atoms with E-state index < -0.39 is 0 Å². The molecule has 2 heterocycles. The second kappa shape index (κ2) is 6.08. The highest BCUT2D eigenvalue weighted by Gasteiger charge is 2.19. The van der Waals surface area contributed by atoms with Gasteiger partial charge in [-0.25, -0.2) is 9.97 Å². The monoisotopic (exact) mass is 289 g/mol. The Balaban J connectivity index is 2.02. The molecule has 0 radical (unpaired) electrons. The van der Waals surface area contributed by atoms with Gasteiger partial charge in [0.15, 0.2) is 0 Å². The molecule has 3 rings (SSSR count). The molecule has 4 heteroatoms. The lowest BCUT2D eigenvalue weighted by molar-refractivity contribution is 0.564. The summed E-state index contributed by atoms with van der Waals surface area (Å²) in [7, 11) is 1.96. The minimum absolute atomic E-state index is 0.557. The SMILES string of the molecule is CCc1cc2c(NC)nc(C3CCCCCC3)nc2s1. The lowest BCUT2D eigenvalue weighted by Gasteiger charge is -2.13. The Morgan fingerprint density at radius 1 is 1.20 bits per heavy atom. The molecule has 0 unspecified atom stereocenters. The molecule has 108 valence electrons. The maximum atomic E-state index is 4.89. The molecule has 0 amide bonds. The predicted octanol–water partition coefficient (Wildman–Crippen LogP) is 4.73. The highest BCUT2D eigenvalue weighted by molar-refractivity contribution is 7.18. The van der Waals surface area contributed by atoms with Gasteiger partial charge in [-0.3, -0.25) is 0 Å². The number of nitrogens with zero attached hydrogens (tertiary/aromatic N) is 2. The molecule has 1 N–H and O–H groups in total. The molecular formula is C16H23N3S. The summed E-state index contributed by atoms with van der Waals surface area (Å²) in [4.78, 5) is 12.2. The molecule has 1 aliphatic rings. The summed E-state index contributed by atoms with van der Waals surface area (Å²) in [5.74, 6) is 2.62. The van der Waals surface area contributed by atoms with Gasteiger partial charge in [-0.2, -0.15) is 0 Å². The van der Waals surface area contributed by atoms with Gasteiger partial charge in [0.05, 0.1) is 5.39 Å². The summed E-state index contributed by atoms with van der Waals surface area (Å²) in [6.45, 7) is 2.20. The van der Waals surface area contributed by atoms with Gasteiger partial charge in [0.25, 0.3) is 0 Å². The van der Waals surface area contributed by atoms with E-state index in [1.165, 1.54) is 48.8 Å².